The van der Waals surface area contributed by atoms with Crippen LogP contribution in [0, 0.1) is 6.92 Å². The molecule has 0 fully saturated rings. The number of halogens is 1. The SMILES string of the molecule is CC(=O)N1CC=C(c2ccc(CC(NC(=O)c3c(C)cccc3Cl)C(=O)O)cc2)CC1. The van der Waals surface area contributed by atoms with Gasteiger partial charge in [0.1, 0.15) is 6.04 Å². The summed E-state index contributed by atoms with van der Waals surface area (Å²) >= 11 is 6.13. The molecular weight excluding hydrogens is 416 g/mol. The number of hydrogen-bond donors (Lipinski definition) is 2. The van der Waals surface area contributed by atoms with Crippen molar-refractivity contribution in [3.05, 3.63) is 75.8 Å². The molecule has 2 amide bonds. The van der Waals surface area contributed by atoms with Gasteiger partial charge in [-0.2, -0.15) is 0 Å². The maximum absolute atomic E-state index is 12.6. The molecule has 1 aliphatic heterocycles. The zero-order valence-corrected chi connectivity index (χ0v) is 18.3. The van der Waals surface area contributed by atoms with Crippen LogP contribution in [0.2, 0.25) is 5.02 Å². The molecule has 0 aliphatic carbocycles. The summed E-state index contributed by atoms with van der Waals surface area (Å²) in [5.41, 5.74) is 3.99. The van der Waals surface area contributed by atoms with Gasteiger partial charge in [-0.05, 0) is 41.7 Å². The number of nitrogens with one attached hydrogen (secondary N) is 1. The number of nitrogens with zero attached hydrogens (tertiary/aromatic N) is 1. The highest BCUT2D eigenvalue weighted by Gasteiger charge is 2.23. The number of carbonyl (C=O) groups is 3. The van der Waals surface area contributed by atoms with Gasteiger partial charge in [0.05, 0.1) is 10.6 Å². The first kappa shape index (κ1) is 22.6. The summed E-state index contributed by atoms with van der Waals surface area (Å²) in [6.45, 7) is 4.61. The van der Waals surface area contributed by atoms with Crippen LogP contribution in [0.5, 0.6) is 0 Å². The molecule has 0 radical (unpaired) electrons. The maximum atomic E-state index is 12.6. The van der Waals surface area contributed by atoms with Gasteiger partial charge in [-0.1, -0.05) is 54.1 Å². The van der Waals surface area contributed by atoms with E-state index in [1.807, 2.05) is 30.3 Å². The Bertz CT molecular complexity index is 1010. The molecule has 7 heteroatoms. The Balaban J connectivity index is 1.69. The Hall–Kier alpha value is -3.12. The second kappa shape index (κ2) is 9.79. The third-order valence-corrected chi connectivity index (χ3v) is 5.79. The van der Waals surface area contributed by atoms with Crippen molar-refractivity contribution in [1.82, 2.24) is 10.2 Å². The molecule has 1 heterocycles. The first-order valence-electron chi connectivity index (χ1n) is 10.1. The van der Waals surface area contributed by atoms with Crippen LogP contribution in [0.1, 0.15) is 40.4 Å². The number of carbonyl (C=O) groups excluding carboxylic acids is 2. The number of rotatable bonds is 6. The fourth-order valence-corrected chi connectivity index (χ4v) is 3.97. The van der Waals surface area contributed by atoms with Crippen LogP contribution < -0.4 is 5.32 Å². The minimum absolute atomic E-state index is 0.0689. The lowest BCUT2D eigenvalue weighted by atomic mass is 9.96. The number of aryl methyl sites for hydroxylation is 1. The van der Waals surface area contributed by atoms with Crippen LogP contribution >= 0.6 is 11.6 Å². The Kier molecular flexibility index (Phi) is 7.13. The molecule has 3 rings (SSSR count). The smallest absolute Gasteiger partial charge is 0.326 e. The Morgan fingerprint density at radius 1 is 1.16 bits per heavy atom. The highest BCUT2D eigenvalue weighted by molar-refractivity contribution is 6.34. The van der Waals surface area contributed by atoms with Gasteiger partial charge < -0.3 is 15.3 Å². The molecule has 2 N–H and O–H groups in total. The minimum Gasteiger partial charge on any atom is -0.480 e. The zero-order chi connectivity index (χ0) is 22.5. The van der Waals surface area contributed by atoms with Gasteiger partial charge >= 0.3 is 5.97 Å². The second-order valence-electron chi connectivity index (χ2n) is 7.64. The molecular formula is C24H25ClN2O4. The van der Waals surface area contributed by atoms with Crippen molar-refractivity contribution >= 4 is 35.0 Å². The summed E-state index contributed by atoms with van der Waals surface area (Å²) in [5.74, 6) is -1.55. The predicted octanol–water partition coefficient (Wildman–Crippen LogP) is 3.71. The molecule has 1 unspecified atom stereocenters. The van der Waals surface area contributed by atoms with Gasteiger partial charge in [0.15, 0.2) is 0 Å². The van der Waals surface area contributed by atoms with E-state index in [1.54, 1.807) is 36.9 Å². The van der Waals surface area contributed by atoms with Gasteiger partial charge in [-0.15, -0.1) is 0 Å². The number of aliphatic carboxylic acids is 1. The molecule has 162 valence electrons. The first-order chi connectivity index (χ1) is 14.8. The van der Waals surface area contributed by atoms with Crippen molar-refractivity contribution in [3.63, 3.8) is 0 Å². The standard InChI is InChI=1S/C24H25ClN2O4/c1-15-4-3-5-20(25)22(15)23(29)26-21(24(30)31)14-17-6-8-18(9-7-17)19-10-12-27(13-11-19)16(2)28/h3-10,21H,11-14H2,1-2H3,(H,26,29)(H,30,31). The second-order valence-corrected chi connectivity index (χ2v) is 8.05. The van der Waals surface area contributed by atoms with Crippen molar-refractivity contribution in [2.45, 2.75) is 32.7 Å². The van der Waals surface area contributed by atoms with Gasteiger partial charge in [0.2, 0.25) is 5.91 Å². The van der Waals surface area contributed by atoms with Crippen molar-refractivity contribution in [1.29, 1.82) is 0 Å². The topological polar surface area (TPSA) is 86.7 Å². The number of hydrogen-bond acceptors (Lipinski definition) is 3. The van der Waals surface area contributed by atoms with Gasteiger partial charge in [-0.3, -0.25) is 9.59 Å². The lowest BCUT2D eigenvalue weighted by Gasteiger charge is -2.25. The van der Waals surface area contributed by atoms with E-state index in [1.165, 1.54) is 5.57 Å². The lowest BCUT2D eigenvalue weighted by Crippen LogP contribution is -2.42. The minimum atomic E-state index is -1.11. The molecule has 2 aromatic carbocycles. The largest absolute Gasteiger partial charge is 0.480 e. The van der Waals surface area contributed by atoms with Crippen molar-refractivity contribution in [2.24, 2.45) is 0 Å². The van der Waals surface area contributed by atoms with Crippen molar-refractivity contribution in [2.75, 3.05) is 13.1 Å². The Morgan fingerprint density at radius 2 is 1.87 bits per heavy atom. The van der Waals surface area contributed by atoms with Crippen LogP contribution in [0.4, 0.5) is 0 Å². The van der Waals surface area contributed by atoms with E-state index in [2.05, 4.69) is 5.32 Å². The fraction of sp³-hybridized carbons (Fsp3) is 0.292. The van der Waals surface area contributed by atoms with E-state index in [0.29, 0.717) is 18.7 Å². The van der Waals surface area contributed by atoms with Gasteiger partial charge in [0.25, 0.3) is 5.91 Å². The van der Waals surface area contributed by atoms with Crippen LogP contribution in [0.25, 0.3) is 5.57 Å². The fourth-order valence-electron chi connectivity index (χ4n) is 3.66. The zero-order valence-electron chi connectivity index (χ0n) is 17.5. The average Bonchev–Trinajstić information content (AvgIpc) is 2.73. The molecule has 0 saturated heterocycles. The van der Waals surface area contributed by atoms with Crippen LogP contribution in [0.3, 0.4) is 0 Å². The van der Waals surface area contributed by atoms with Crippen molar-refractivity contribution in [3.8, 4) is 0 Å². The van der Waals surface area contributed by atoms with Crippen molar-refractivity contribution < 1.29 is 19.5 Å². The number of carboxylic acid groups (broad SMARTS) is 1. The number of carboxylic acids is 1. The average molecular weight is 441 g/mol. The molecule has 1 aliphatic rings. The maximum Gasteiger partial charge on any atom is 0.326 e. The highest BCUT2D eigenvalue weighted by Crippen LogP contribution is 2.23. The normalized spacial score (nSPS) is 14.5. The summed E-state index contributed by atoms with van der Waals surface area (Å²) in [7, 11) is 0. The quantitative estimate of drug-likeness (QED) is 0.716. The van der Waals surface area contributed by atoms with E-state index in [0.717, 1.165) is 17.5 Å². The molecule has 0 aromatic heterocycles. The predicted molar refractivity (Wildman–Crippen MR) is 120 cm³/mol. The van der Waals surface area contributed by atoms with Crippen LogP contribution in [-0.2, 0) is 16.0 Å². The molecule has 1 atom stereocenters. The highest BCUT2D eigenvalue weighted by atomic mass is 35.5. The monoisotopic (exact) mass is 440 g/mol. The molecule has 2 aromatic rings. The third-order valence-electron chi connectivity index (χ3n) is 5.47. The van der Waals surface area contributed by atoms with E-state index in [9.17, 15) is 19.5 Å². The summed E-state index contributed by atoms with van der Waals surface area (Å²) < 4.78 is 0. The summed E-state index contributed by atoms with van der Waals surface area (Å²) in [6, 6.07) is 11.7. The summed E-state index contributed by atoms with van der Waals surface area (Å²) in [5, 5.41) is 12.5. The lowest BCUT2D eigenvalue weighted by molar-refractivity contribution is -0.139. The number of amides is 2. The Labute approximate surface area is 186 Å². The van der Waals surface area contributed by atoms with E-state index in [4.69, 9.17) is 11.6 Å². The molecule has 6 nitrogen and oxygen atoms in total. The molecule has 0 saturated carbocycles. The summed E-state index contributed by atoms with van der Waals surface area (Å²) in [6.07, 6.45) is 2.98. The summed E-state index contributed by atoms with van der Waals surface area (Å²) in [4.78, 5) is 37.6. The molecule has 0 spiro atoms. The molecule has 0 bridgehead atoms. The van der Waals surface area contributed by atoms with Gasteiger partial charge in [-0.25, -0.2) is 4.79 Å². The van der Waals surface area contributed by atoms with Crippen LogP contribution in [-0.4, -0.2) is 46.9 Å². The van der Waals surface area contributed by atoms with Gasteiger partial charge in [0, 0.05) is 26.4 Å². The first-order valence-corrected chi connectivity index (χ1v) is 10.5. The third kappa shape index (κ3) is 5.52. The van der Waals surface area contributed by atoms with Crippen LogP contribution in [0.15, 0.2) is 48.5 Å². The number of benzene rings is 2. The Morgan fingerprint density at radius 3 is 2.42 bits per heavy atom. The van der Waals surface area contributed by atoms with E-state index >= 15 is 0 Å². The van der Waals surface area contributed by atoms with E-state index < -0.39 is 17.9 Å². The van der Waals surface area contributed by atoms with E-state index in [-0.39, 0.29) is 22.9 Å². The molecule has 31 heavy (non-hydrogen) atoms.